The van der Waals surface area contributed by atoms with Crippen molar-refractivity contribution in [2.24, 2.45) is 0 Å². The lowest BCUT2D eigenvalue weighted by atomic mass is 9.84. The molecule has 1 amide bonds. The summed E-state index contributed by atoms with van der Waals surface area (Å²) in [5.74, 6) is 0.428. The topological polar surface area (TPSA) is 58.6 Å². The summed E-state index contributed by atoms with van der Waals surface area (Å²) in [6.45, 7) is 4.45. The Morgan fingerprint density at radius 1 is 1.17 bits per heavy atom. The fourth-order valence-electron chi connectivity index (χ4n) is 2.49. The lowest BCUT2D eigenvalue weighted by Gasteiger charge is -2.28. The summed E-state index contributed by atoms with van der Waals surface area (Å²) in [6, 6.07) is 14.0. The molecule has 1 unspecified atom stereocenters. The number of ether oxygens (including phenoxy) is 1. The summed E-state index contributed by atoms with van der Waals surface area (Å²) < 4.78 is 5.19. The van der Waals surface area contributed by atoms with Crippen LogP contribution in [-0.4, -0.2) is 17.7 Å². The van der Waals surface area contributed by atoms with Gasteiger partial charge in [-0.25, -0.2) is 4.79 Å². The Morgan fingerprint density at radius 2 is 1.88 bits per heavy atom. The molecule has 24 heavy (non-hydrogen) atoms. The number of carbonyl (C=O) groups excluding carboxylic acids is 1. The van der Waals surface area contributed by atoms with Crippen molar-refractivity contribution in [3.8, 4) is 5.75 Å². The Hall–Kier alpha value is -2.04. The molecule has 2 rings (SSSR count). The molecule has 0 fully saturated rings. The zero-order valence-corrected chi connectivity index (χ0v) is 14.6. The molecule has 0 bridgehead atoms. The van der Waals surface area contributed by atoms with Crippen LogP contribution >= 0.6 is 11.6 Å². The van der Waals surface area contributed by atoms with Crippen LogP contribution in [0.2, 0.25) is 5.02 Å². The zero-order chi connectivity index (χ0) is 17.6. The van der Waals surface area contributed by atoms with Crippen molar-refractivity contribution in [3.05, 3.63) is 64.7 Å². The van der Waals surface area contributed by atoms with Crippen LogP contribution in [0.3, 0.4) is 0 Å². The Labute approximate surface area is 147 Å². The van der Waals surface area contributed by atoms with Crippen LogP contribution in [0.1, 0.15) is 37.8 Å². The third-order valence-electron chi connectivity index (χ3n) is 3.88. The predicted molar refractivity (Wildman–Crippen MR) is 95.5 cm³/mol. The highest BCUT2D eigenvalue weighted by molar-refractivity contribution is 6.30. The van der Waals surface area contributed by atoms with Crippen LogP contribution in [0.25, 0.3) is 0 Å². The van der Waals surface area contributed by atoms with Crippen molar-refractivity contribution in [3.63, 3.8) is 0 Å². The highest BCUT2D eigenvalue weighted by Gasteiger charge is 2.29. The van der Waals surface area contributed by atoms with Crippen molar-refractivity contribution < 1.29 is 14.6 Å². The maximum absolute atomic E-state index is 11.6. The number of hydrogen-bond donors (Lipinski definition) is 2. The lowest BCUT2D eigenvalue weighted by Crippen LogP contribution is -2.28. The number of amides is 1. The van der Waals surface area contributed by atoms with E-state index in [0.717, 1.165) is 12.0 Å². The lowest BCUT2D eigenvalue weighted by molar-refractivity contribution is 0.0765. The van der Waals surface area contributed by atoms with Gasteiger partial charge in [0.05, 0.1) is 0 Å². The molecule has 2 aromatic carbocycles. The van der Waals surface area contributed by atoms with E-state index < -0.39 is 11.7 Å². The van der Waals surface area contributed by atoms with E-state index in [9.17, 15) is 9.90 Å². The van der Waals surface area contributed by atoms with Gasteiger partial charge in [0, 0.05) is 11.6 Å². The molecule has 1 atom stereocenters. The highest BCUT2D eigenvalue weighted by Crippen LogP contribution is 2.34. The molecule has 0 saturated heterocycles. The largest absolute Gasteiger partial charge is 0.412 e. The van der Waals surface area contributed by atoms with Gasteiger partial charge >= 0.3 is 6.09 Å². The number of aliphatic hydroxyl groups is 1. The molecule has 2 aromatic rings. The molecule has 0 aliphatic rings. The number of nitrogens with one attached hydrogen (secondary N) is 1. The zero-order valence-electron chi connectivity index (χ0n) is 13.9. The van der Waals surface area contributed by atoms with Gasteiger partial charge in [-0.1, -0.05) is 49.7 Å². The van der Waals surface area contributed by atoms with E-state index in [4.69, 9.17) is 16.3 Å². The molecule has 0 aromatic heterocycles. The van der Waals surface area contributed by atoms with E-state index >= 15 is 0 Å². The van der Waals surface area contributed by atoms with E-state index in [1.165, 1.54) is 0 Å². The van der Waals surface area contributed by atoms with Crippen molar-refractivity contribution in [2.75, 3.05) is 6.54 Å². The maximum Gasteiger partial charge on any atom is 0.412 e. The first kappa shape index (κ1) is 18.3. The number of benzene rings is 2. The Morgan fingerprint density at radius 3 is 2.46 bits per heavy atom. The summed E-state index contributed by atoms with van der Waals surface area (Å²) in [4.78, 5) is 11.6. The Bertz CT molecular complexity index is 687. The number of halogens is 1. The first-order valence-electron chi connectivity index (χ1n) is 8.04. The molecule has 0 aliphatic heterocycles. The first-order chi connectivity index (χ1) is 11.5. The van der Waals surface area contributed by atoms with Gasteiger partial charge in [-0.15, -0.1) is 0 Å². The summed E-state index contributed by atoms with van der Waals surface area (Å²) in [5.41, 5.74) is 0.300. The smallest absolute Gasteiger partial charge is 0.410 e. The third kappa shape index (κ3) is 4.28. The van der Waals surface area contributed by atoms with E-state index in [2.05, 4.69) is 5.32 Å². The molecule has 0 radical (unpaired) electrons. The summed E-state index contributed by atoms with van der Waals surface area (Å²) >= 11 is 6.04. The predicted octanol–water partition coefficient (Wildman–Crippen LogP) is 4.48. The van der Waals surface area contributed by atoms with Gasteiger partial charge in [0.15, 0.2) is 0 Å². The van der Waals surface area contributed by atoms with Gasteiger partial charge in [0.25, 0.3) is 0 Å². The van der Waals surface area contributed by atoms with Crippen molar-refractivity contribution in [1.29, 1.82) is 0 Å². The summed E-state index contributed by atoms with van der Waals surface area (Å²) in [5, 5.41) is 14.3. The van der Waals surface area contributed by atoms with Crippen molar-refractivity contribution in [2.45, 2.75) is 32.3 Å². The minimum absolute atomic E-state index is 0.428. The Kier molecular flexibility index (Phi) is 6.23. The molecular formula is C19H22ClNO3. The maximum atomic E-state index is 11.6. The van der Waals surface area contributed by atoms with E-state index in [1.54, 1.807) is 36.4 Å². The molecule has 0 aliphatic carbocycles. The molecule has 0 heterocycles. The number of carbonyl (C=O) groups is 1. The van der Waals surface area contributed by atoms with Crippen LogP contribution < -0.4 is 10.1 Å². The highest BCUT2D eigenvalue weighted by atomic mass is 35.5. The first-order valence-corrected chi connectivity index (χ1v) is 8.42. The van der Waals surface area contributed by atoms with Gasteiger partial charge in [-0.3, -0.25) is 0 Å². The van der Waals surface area contributed by atoms with Gasteiger partial charge in [0.1, 0.15) is 11.4 Å². The van der Waals surface area contributed by atoms with Crippen molar-refractivity contribution >= 4 is 17.7 Å². The minimum Gasteiger partial charge on any atom is -0.410 e. The summed E-state index contributed by atoms with van der Waals surface area (Å²) in [7, 11) is 0. The van der Waals surface area contributed by atoms with Crippen LogP contribution in [0.4, 0.5) is 4.79 Å². The van der Waals surface area contributed by atoms with Gasteiger partial charge < -0.3 is 15.2 Å². The molecule has 0 spiro atoms. The van der Waals surface area contributed by atoms with Crippen LogP contribution in [-0.2, 0) is 5.60 Å². The third-order valence-corrected chi connectivity index (χ3v) is 4.11. The van der Waals surface area contributed by atoms with Crippen LogP contribution in [0, 0.1) is 0 Å². The van der Waals surface area contributed by atoms with Crippen LogP contribution in [0.5, 0.6) is 5.75 Å². The Balaban J connectivity index is 2.20. The molecule has 0 saturated carbocycles. The van der Waals surface area contributed by atoms with E-state index in [1.807, 2.05) is 26.0 Å². The second-order valence-corrected chi connectivity index (χ2v) is 6.00. The quantitative estimate of drug-likeness (QED) is 0.809. The fourth-order valence-corrected chi connectivity index (χ4v) is 2.68. The average molecular weight is 348 g/mol. The SMILES string of the molecule is CCCNC(=O)Oc1ccc(C(O)(CC)c2cccc(Cl)c2)cc1. The second kappa shape index (κ2) is 8.18. The molecule has 4 nitrogen and oxygen atoms in total. The van der Waals surface area contributed by atoms with E-state index in [-0.39, 0.29) is 0 Å². The minimum atomic E-state index is -1.14. The average Bonchev–Trinajstić information content (AvgIpc) is 2.60. The normalized spacial score (nSPS) is 13.2. The summed E-state index contributed by atoms with van der Waals surface area (Å²) in [6.07, 6.45) is 0.854. The van der Waals surface area contributed by atoms with Crippen LogP contribution in [0.15, 0.2) is 48.5 Å². The van der Waals surface area contributed by atoms with Gasteiger partial charge in [-0.2, -0.15) is 0 Å². The molecular weight excluding hydrogens is 326 g/mol. The van der Waals surface area contributed by atoms with Gasteiger partial charge in [-0.05, 0) is 48.2 Å². The van der Waals surface area contributed by atoms with Crippen molar-refractivity contribution in [1.82, 2.24) is 5.32 Å². The molecule has 128 valence electrons. The monoisotopic (exact) mass is 347 g/mol. The molecule has 2 N–H and O–H groups in total. The second-order valence-electron chi connectivity index (χ2n) is 5.56. The number of hydrogen-bond acceptors (Lipinski definition) is 3. The number of rotatable bonds is 6. The standard InChI is InChI=1S/C19H22ClNO3/c1-3-12-21-18(22)24-17-10-8-14(9-11-17)19(23,4-2)15-6-5-7-16(20)13-15/h5-11,13,23H,3-4,12H2,1-2H3,(H,21,22). The fraction of sp³-hybridized carbons (Fsp3) is 0.316. The van der Waals surface area contributed by atoms with Gasteiger partial charge in [0.2, 0.25) is 0 Å². The molecule has 5 heteroatoms. The van der Waals surface area contributed by atoms with E-state index in [0.29, 0.717) is 29.3 Å².